The van der Waals surface area contributed by atoms with Crippen molar-refractivity contribution < 1.29 is 35.3 Å². The zero-order valence-corrected chi connectivity index (χ0v) is 18.4. The van der Waals surface area contributed by atoms with Crippen molar-refractivity contribution in [2.24, 2.45) is 0 Å². The highest BCUT2D eigenvalue weighted by Gasteiger charge is 2.49. The summed E-state index contributed by atoms with van der Waals surface area (Å²) in [5, 5.41) is 2.71. The van der Waals surface area contributed by atoms with Crippen molar-refractivity contribution in [2.45, 2.75) is 57.2 Å². The van der Waals surface area contributed by atoms with Gasteiger partial charge >= 0.3 is 21.7 Å². The molecule has 1 aliphatic carbocycles. The SMILES string of the molecule is CC(C)(C)OC(=O)NC1CCc2c(nc(-c3ccccc3)nc2OS(=O)(=O)C(F)(F)F)C1. The number of aromatic nitrogens is 2. The van der Waals surface area contributed by atoms with Gasteiger partial charge in [-0.25, -0.2) is 9.78 Å². The van der Waals surface area contributed by atoms with Crippen molar-refractivity contribution >= 4 is 16.2 Å². The molecule has 1 atom stereocenters. The number of carbonyl (C=O) groups excluding carboxylic acids is 1. The number of carbonyl (C=O) groups is 1. The smallest absolute Gasteiger partial charge is 0.444 e. The molecule has 1 N–H and O–H groups in total. The van der Waals surface area contributed by atoms with Gasteiger partial charge in [0.1, 0.15) is 5.60 Å². The van der Waals surface area contributed by atoms with Crippen molar-refractivity contribution in [1.29, 1.82) is 0 Å². The van der Waals surface area contributed by atoms with Crippen LogP contribution in [0.25, 0.3) is 11.4 Å². The lowest BCUT2D eigenvalue weighted by atomic mass is 9.92. The summed E-state index contributed by atoms with van der Waals surface area (Å²) < 4.78 is 71.6. The monoisotopic (exact) mass is 473 g/mol. The van der Waals surface area contributed by atoms with Gasteiger partial charge in [0.2, 0.25) is 5.88 Å². The van der Waals surface area contributed by atoms with Gasteiger partial charge in [-0.15, -0.1) is 0 Å². The van der Waals surface area contributed by atoms with Crippen LogP contribution >= 0.6 is 0 Å². The Bertz CT molecular complexity index is 1100. The number of halogens is 3. The Morgan fingerprint density at radius 2 is 1.78 bits per heavy atom. The van der Waals surface area contributed by atoms with Gasteiger partial charge in [-0.3, -0.25) is 0 Å². The second-order valence-corrected chi connectivity index (χ2v) is 9.75. The minimum atomic E-state index is -5.92. The molecular formula is C20H22F3N3O5S. The van der Waals surface area contributed by atoms with Crippen molar-refractivity contribution in [1.82, 2.24) is 15.3 Å². The summed E-state index contributed by atoms with van der Waals surface area (Å²) in [6.45, 7) is 5.15. The maximum Gasteiger partial charge on any atom is 0.534 e. The second kappa shape index (κ2) is 8.57. The largest absolute Gasteiger partial charge is 0.534 e. The van der Waals surface area contributed by atoms with Crippen molar-refractivity contribution in [3.8, 4) is 17.3 Å². The van der Waals surface area contributed by atoms with Gasteiger partial charge in [-0.05, 0) is 33.6 Å². The average molecular weight is 473 g/mol. The molecule has 32 heavy (non-hydrogen) atoms. The number of rotatable bonds is 4. The zero-order chi connectivity index (χ0) is 23.7. The van der Waals surface area contributed by atoms with E-state index in [0.29, 0.717) is 17.7 Å². The van der Waals surface area contributed by atoms with Crippen LogP contribution in [-0.2, 0) is 27.7 Å². The number of alkyl halides is 3. The molecule has 1 heterocycles. The number of nitrogens with one attached hydrogen (secondary N) is 1. The van der Waals surface area contributed by atoms with Crippen LogP contribution in [0.5, 0.6) is 5.88 Å². The Hall–Kier alpha value is -2.89. The van der Waals surface area contributed by atoms with E-state index < -0.39 is 39.2 Å². The maximum atomic E-state index is 12.9. The molecule has 8 nitrogen and oxygen atoms in total. The van der Waals surface area contributed by atoms with E-state index in [1.165, 1.54) is 0 Å². The van der Waals surface area contributed by atoms with Gasteiger partial charge < -0.3 is 14.2 Å². The van der Waals surface area contributed by atoms with Gasteiger partial charge in [0.15, 0.2) is 5.82 Å². The van der Waals surface area contributed by atoms with Crippen molar-refractivity contribution in [2.75, 3.05) is 0 Å². The molecule has 2 aromatic rings. The molecule has 1 unspecified atom stereocenters. The lowest BCUT2D eigenvalue weighted by molar-refractivity contribution is -0.0501. The molecule has 1 aliphatic rings. The number of fused-ring (bicyclic) bond motifs is 1. The van der Waals surface area contributed by atoms with E-state index in [4.69, 9.17) is 4.74 Å². The first kappa shape index (κ1) is 23.8. The van der Waals surface area contributed by atoms with Crippen LogP contribution in [0.1, 0.15) is 38.4 Å². The molecule has 0 bridgehead atoms. The van der Waals surface area contributed by atoms with E-state index in [-0.39, 0.29) is 24.2 Å². The summed E-state index contributed by atoms with van der Waals surface area (Å²) >= 11 is 0. The summed E-state index contributed by atoms with van der Waals surface area (Å²) in [5.41, 5.74) is -5.40. The molecule has 3 rings (SSSR count). The molecule has 0 radical (unpaired) electrons. The van der Waals surface area contributed by atoms with E-state index in [2.05, 4.69) is 19.5 Å². The summed E-state index contributed by atoms with van der Waals surface area (Å²) in [6, 6.07) is 7.93. The zero-order valence-electron chi connectivity index (χ0n) is 17.6. The maximum absolute atomic E-state index is 12.9. The third-order valence-corrected chi connectivity index (χ3v) is 5.41. The Kier molecular flexibility index (Phi) is 6.36. The number of hydrogen-bond acceptors (Lipinski definition) is 7. The van der Waals surface area contributed by atoms with Gasteiger partial charge in [-0.2, -0.15) is 26.6 Å². The lowest BCUT2D eigenvalue weighted by Crippen LogP contribution is -2.42. The predicted octanol–water partition coefficient (Wildman–Crippen LogP) is 3.75. The minimum absolute atomic E-state index is 0.00893. The van der Waals surface area contributed by atoms with E-state index in [0.717, 1.165) is 0 Å². The van der Waals surface area contributed by atoms with E-state index in [9.17, 15) is 26.4 Å². The van der Waals surface area contributed by atoms with Crippen LogP contribution in [0.15, 0.2) is 30.3 Å². The first-order chi connectivity index (χ1) is 14.7. The molecule has 1 aromatic heterocycles. The van der Waals surface area contributed by atoms with Crippen LogP contribution in [0.3, 0.4) is 0 Å². The Morgan fingerprint density at radius 3 is 2.38 bits per heavy atom. The van der Waals surface area contributed by atoms with Crippen LogP contribution in [0, 0.1) is 0 Å². The van der Waals surface area contributed by atoms with E-state index in [1.807, 2.05) is 0 Å². The fourth-order valence-electron chi connectivity index (χ4n) is 3.12. The highest BCUT2D eigenvalue weighted by atomic mass is 32.2. The number of benzene rings is 1. The topological polar surface area (TPSA) is 107 Å². The molecule has 174 valence electrons. The summed E-state index contributed by atoms with van der Waals surface area (Å²) in [5.74, 6) is -0.656. The number of hydrogen-bond donors (Lipinski definition) is 1. The highest BCUT2D eigenvalue weighted by Crippen LogP contribution is 2.34. The first-order valence-electron chi connectivity index (χ1n) is 9.70. The third-order valence-electron chi connectivity index (χ3n) is 4.46. The Labute approximate surface area is 183 Å². The van der Waals surface area contributed by atoms with Gasteiger partial charge in [-0.1, -0.05) is 30.3 Å². The molecule has 0 aliphatic heterocycles. The van der Waals surface area contributed by atoms with Gasteiger partial charge in [0.05, 0.1) is 5.69 Å². The fraction of sp³-hybridized carbons (Fsp3) is 0.450. The lowest BCUT2D eigenvalue weighted by Gasteiger charge is -2.27. The van der Waals surface area contributed by atoms with Crippen molar-refractivity contribution in [3.05, 3.63) is 41.6 Å². The second-order valence-electron chi connectivity index (χ2n) is 8.21. The van der Waals surface area contributed by atoms with Gasteiger partial charge in [0, 0.05) is 23.6 Å². The average Bonchev–Trinajstić information content (AvgIpc) is 2.65. The molecular weight excluding hydrogens is 451 g/mol. The van der Waals surface area contributed by atoms with Crippen LogP contribution in [0.2, 0.25) is 0 Å². The molecule has 0 saturated heterocycles. The van der Waals surface area contributed by atoms with Crippen LogP contribution < -0.4 is 9.50 Å². The van der Waals surface area contributed by atoms with Crippen LogP contribution in [-0.4, -0.2) is 41.6 Å². The summed E-state index contributed by atoms with van der Waals surface area (Å²) in [7, 11) is -5.92. The minimum Gasteiger partial charge on any atom is -0.444 e. The first-order valence-corrected chi connectivity index (χ1v) is 11.1. The molecule has 0 saturated carbocycles. The molecule has 1 aromatic carbocycles. The Balaban J connectivity index is 1.96. The molecule has 1 amide bonds. The third kappa shape index (κ3) is 5.67. The molecule has 0 spiro atoms. The number of alkyl carbamates (subject to hydrolysis) is 1. The number of ether oxygens (including phenoxy) is 1. The normalized spacial score (nSPS) is 16.8. The Morgan fingerprint density at radius 1 is 1.12 bits per heavy atom. The number of nitrogens with zero attached hydrogens (tertiary/aromatic N) is 2. The van der Waals surface area contributed by atoms with Crippen LogP contribution in [0.4, 0.5) is 18.0 Å². The summed E-state index contributed by atoms with van der Waals surface area (Å²) in [6.07, 6.45) is -0.0882. The summed E-state index contributed by atoms with van der Waals surface area (Å²) in [4.78, 5) is 20.5. The standard InChI is InChI=1S/C20H22F3N3O5S/c1-19(2,3)30-18(27)24-13-9-10-14-15(11-13)25-16(12-7-5-4-6-8-12)26-17(14)31-32(28,29)20(21,22)23/h4-8,13H,9-11H2,1-3H3,(H,24,27). The van der Waals surface area contributed by atoms with E-state index in [1.54, 1.807) is 51.1 Å². The quantitative estimate of drug-likeness (QED) is 0.532. The predicted molar refractivity (Wildman–Crippen MR) is 108 cm³/mol. The molecule has 12 heteroatoms. The van der Waals surface area contributed by atoms with Crippen molar-refractivity contribution in [3.63, 3.8) is 0 Å². The van der Waals surface area contributed by atoms with Gasteiger partial charge in [0.25, 0.3) is 0 Å². The molecule has 0 fully saturated rings. The fourth-order valence-corrected chi connectivity index (χ4v) is 3.56. The van der Waals surface area contributed by atoms with E-state index >= 15 is 0 Å². The number of amides is 1. The highest BCUT2D eigenvalue weighted by molar-refractivity contribution is 7.87.